The van der Waals surface area contributed by atoms with E-state index in [0.29, 0.717) is 53.7 Å². The van der Waals surface area contributed by atoms with Crippen molar-refractivity contribution in [3.8, 4) is 17.6 Å². The number of fused-ring (bicyclic) bond motifs is 1. The monoisotopic (exact) mass is 674 g/mol. The maximum absolute atomic E-state index is 13.7. The van der Waals surface area contributed by atoms with Gasteiger partial charge in [0.2, 0.25) is 0 Å². The van der Waals surface area contributed by atoms with Crippen molar-refractivity contribution in [2.45, 2.75) is 62.0 Å². The Morgan fingerprint density at radius 1 is 1.15 bits per heavy atom. The second kappa shape index (κ2) is 13.4. The standard InChI is InChI=1S/C32H37F3N6O5S/c1-21-17-30(38-46-21)39-47(43,44)24-10-11-27(29(19-24)45-4)36-16-6-7-23-18-25-26(8-5-9-28(25)41(23)20-32(33,34)35)37-22-12-14-31(42,15-13-22)40(2)3/h5,8-11,17-19,22,36-37,42H,12-16,20H2,1-4H3,(H,38,39). The third-order valence-corrected chi connectivity index (χ3v) is 9.55. The first-order valence-corrected chi connectivity index (χ1v) is 16.4. The molecule has 4 aromatic rings. The van der Waals surface area contributed by atoms with Crippen LogP contribution in [0.15, 0.2) is 57.9 Å². The number of aliphatic hydroxyl groups is 1. The number of aromatic nitrogens is 2. The maximum atomic E-state index is 13.7. The van der Waals surface area contributed by atoms with E-state index < -0.39 is 28.5 Å². The van der Waals surface area contributed by atoms with E-state index in [-0.39, 0.29) is 34.7 Å². The highest BCUT2D eigenvalue weighted by atomic mass is 32.2. The van der Waals surface area contributed by atoms with Gasteiger partial charge in [0, 0.05) is 29.2 Å². The number of hydrogen-bond acceptors (Lipinski definition) is 9. The van der Waals surface area contributed by atoms with Crippen LogP contribution in [0.25, 0.3) is 10.9 Å². The van der Waals surface area contributed by atoms with Gasteiger partial charge < -0.3 is 29.6 Å². The molecular weight excluding hydrogens is 637 g/mol. The molecule has 2 aromatic carbocycles. The summed E-state index contributed by atoms with van der Waals surface area (Å²) in [4.78, 5) is 1.74. The van der Waals surface area contributed by atoms with Gasteiger partial charge in [-0.25, -0.2) is 8.42 Å². The first-order valence-electron chi connectivity index (χ1n) is 14.9. The summed E-state index contributed by atoms with van der Waals surface area (Å²) >= 11 is 0. The molecule has 1 aliphatic rings. The topological polar surface area (TPSA) is 134 Å². The van der Waals surface area contributed by atoms with Crippen molar-refractivity contribution in [1.82, 2.24) is 14.6 Å². The minimum Gasteiger partial charge on any atom is -0.495 e. The number of halogens is 3. The van der Waals surface area contributed by atoms with Gasteiger partial charge in [-0.2, -0.15) is 13.2 Å². The van der Waals surface area contributed by atoms with Crippen molar-refractivity contribution in [2.24, 2.45) is 0 Å². The number of anilines is 3. The number of sulfonamides is 1. The van der Waals surface area contributed by atoms with Crippen LogP contribution in [0.2, 0.25) is 0 Å². The Hall–Kier alpha value is -4.39. The molecule has 252 valence electrons. The number of hydrogen-bond donors (Lipinski definition) is 4. The minimum atomic E-state index is -4.47. The van der Waals surface area contributed by atoms with Crippen molar-refractivity contribution in [3.05, 3.63) is 60.0 Å². The SMILES string of the molecule is COc1cc(S(=O)(=O)Nc2cc(C)on2)ccc1NCC#Cc1cc2c(NC3CCC(O)(N(C)C)CC3)cccc2n1CC(F)(F)F. The molecule has 47 heavy (non-hydrogen) atoms. The lowest BCUT2D eigenvalue weighted by Crippen LogP contribution is -2.48. The molecule has 1 fully saturated rings. The van der Waals surface area contributed by atoms with Crippen LogP contribution in [0.4, 0.5) is 30.4 Å². The highest BCUT2D eigenvalue weighted by Gasteiger charge is 2.35. The molecule has 0 aliphatic heterocycles. The number of nitrogens with one attached hydrogen (secondary N) is 3. The summed E-state index contributed by atoms with van der Waals surface area (Å²) in [7, 11) is 1.08. The summed E-state index contributed by atoms with van der Waals surface area (Å²) in [5.41, 5.74) is 0.877. The maximum Gasteiger partial charge on any atom is 0.406 e. The van der Waals surface area contributed by atoms with Gasteiger partial charge in [0.1, 0.15) is 23.8 Å². The number of benzene rings is 2. The van der Waals surface area contributed by atoms with Crippen LogP contribution in [-0.4, -0.2) is 73.8 Å². The van der Waals surface area contributed by atoms with Gasteiger partial charge in [-0.3, -0.25) is 9.62 Å². The van der Waals surface area contributed by atoms with E-state index >= 15 is 0 Å². The van der Waals surface area contributed by atoms with Crippen LogP contribution in [0, 0.1) is 18.8 Å². The predicted molar refractivity (Wildman–Crippen MR) is 173 cm³/mol. The Morgan fingerprint density at radius 3 is 2.53 bits per heavy atom. The third kappa shape index (κ3) is 7.95. The molecule has 4 N–H and O–H groups in total. The van der Waals surface area contributed by atoms with Crippen molar-refractivity contribution >= 4 is 38.1 Å². The molecule has 0 amide bonds. The highest BCUT2D eigenvalue weighted by Crippen LogP contribution is 2.35. The van der Waals surface area contributed by atoms with Gasteiger partial charge >= 0.3 is 6.18 Å². The Kier molecular flexibility index (Phi) is 9.67. The van der Waals surface area contributed by atoms with Crippen LogP contribution >= 0.6 is 0 Å². The highest BCUT2D eigenvalue weighted by molar-refractivity contribution is 7.92. The molecular formula is C32H37F3N6O5S. The lowest BCUT2D eigenvalue weighted by Gasteiger charge is -2.41. The Balaban J connectivity index is 1.34. The lowest BCUT2D eigenvalue weighted by atomic mass is 9.87. The lowest BCUT2D eigenvalue weighted by molar-refractivity contribution is -0.140. The number of nitrogens with zero attached hydrogens (tertiary/aromatic N) is 3. The van der Waals surface area contributed by atoms with Crippen LogP contribution in [0.3, 0.4) is 0 Å². The Bertz CT molecular complexity index is 1900. The van der Waals surface area contributed by atoms with E-state index in [2.05, 4.69) is 32.4 Å². The van der Waals surface area contributed by atoms with E-state index in [9.17, 15) is 26.7 Å². The molecule has 15 heteroatoms. The molecule has 0 spiro atoms. The summed E-state index contributed by atoms with van der Waals surface area (Å²) in [6.07, 6.45) is -1.90. The fourth-order valence-electron chi connectivity index (χ4n) is 5.63. The predicted octanol–water partition coefficient (Wildman–Crippen LogP) is 5.38. The number of methoxy groups -OCH3 is 1. The molecule has 2 heterocycles. The van der Waals surface area contributed by atoms with Crippen LogP contribution in [-0.2, 0) is 16.6 Å². The molecule has 0 saturated heterocycles. The third-order valence-electron chi connectivity index (χ3n) is 8.20. The first kappa shape index (κ1) is 34.0. The van der Waals surface area contributed by atoms with E-state index in [4.69, 9.17) is 9.26 Å². The fourth-order valence-corrected chi connectivity index (χ4v) is 6.62. The number of alkyl halides is 3. The minimum absolute atomic E-state index is 0.0361. The van der Waals surface area contributed by atoms with Crippen molar-refractivity contribution < 1.29 is 36.0 Å². The molecule has 0 bridgehead atoms. The van der Waals surface area contributed by atoms with E-state index in [1.165, 1.54) is 31.4 Å². The molecule has 0 unspecified atom stereocenters. The van der Waals surface area contributed by atoms with Gasteiger partial charge in [0.15, 0.2) is 5.82 Å². The van der Waals surface area contributed by atoms with Crippen molar-refractivity contribution in [2.75, 3.05) is 43.1 Å². The second-order valence-electron chi connectivity index (χ2n) is 11.7. The van der Waals surface area contributed by atoms with Crippen LogP contribution < -0.4 is 20.1 Å². The van der Waals surface area contributed by atoms with E-state index in [1.54, 1.807) is 25.1 Å². The Labute approximate surface area is 271 Å². The smallest absolute Gasteiger partial charge is 0.406 e. The van der Waals surface area contributed by atoms with Gasteiger partial charge in [0.25, 0.3) is 10.0 Å². The molecule has 2 aromatic heterocycles. The number of rotatable bonds is 10. The van der Waals surface area contributed by atoms with Gasteiger partial charge in [-0.15, -0.1) is 0 Å². The zero-order chi connectivity index (χ0) is 34.0. The van der Waals surface area contributed by atoms with Crippen LogP contribution in [0.1, 0.15) is 37.1 Å². The fraction of sp³-hybridized carbons (Fsp3) is 0.406. The normalized spacial score (nSPS) is 18.5. The van der Waals surface area contributed by atoms with Crippen LogP contribution in [0.5, 0.6) is 5.75 Å². The van der Waals surface area contributed by atoms with Crippen molar-refractivity contribution in [1.29, 1.82) is 0 Å². The summed E-state index contributed by atoms with van der Waals surface area (Å²) in [5, 5.41) is 21.6. The molecule has 0 atom stereocenters. The average molecular weight is 675 g/mol. The Morgan fingerprint density at radius 2 is 1.89 bits per heavy atom. The average Bonchev–Trinajstić information content (AvgIpc) is 3.57. The van der Waals surface area contributed by atoms with E-state index in [0.717, 1.165) is 4.57 Å². The molecule has 0 radical (unpaired) electrons. The first-order chi connectivity index (χ1) is 22.2. The van der Waals surface area contributed by atoms with Gasteiger partial charge in [0.05, 0.1) is 35.4 Å². The zero-order valence-corrected chi connectivity index (χ0v) is 27.2. The van der Waals surface area contributed by atoms with Crippen molar-refractivity contribution in [3.63, 3.8) is 0 Å². The summed E-state index contributed by atoms with van der Waals surface area (Å²) in [6.45, 7) is 0.462. The summed E-state index contributed by atoms with van der Waals surface area (Å²) in [6, 6.07) is 12.6. The summed E-state index contributed by atoms with van der Waals surface area (Å²) < 4.78 is 80.4. The molecule has 5 rings (SSSR count). The number of aryl methyl sites for hydroxylation is 1. The molecule has 1 saturated carbocycles. The quantitative estimate of drug-likeness (QED) is 0.129. The number of ether oxygens (including phenoxy) is 1. The second-order valence-corrected chi connectivity index (χ2v) is 13.4. The largest absolute Gasteiger partial charge is 0.495 e. The molecule has 1 aliphatic carbocycles. The van der Waals surface area contributed by atoms with Gasteiger partial charge in [-0.05, 0) is 83.0 Å². The van der Waals surface area contributed by atoms with E-state index in [1.807, 2.05) is 25.1 Å². The van der Waals surface area contributed by atoms with Gasteiger partial charge in [-0.1, -0.05) is 17.1 Å². The summed E-state index contributed by atoms with van der Waals surface area (Å²) in [5.74, 6) is 6.46. The molecule has 11 nitrogen and oxygen atoms in total. The zero-order valence-electron chi connectivity index (χ0n) is 26.4.